The number of hydrogen-bond donors (Lipinski definition) is 1. The SMILES string of the molecule is C=C(C)CN(C)S(=O)(=O)c1cc(N)c(F)cc1Br. The summed E-state index contributed by atoms with van der Waals surface area (Å²) in [4.78, 5) is -0.0647. The highest BCUT2D eigenvalue weighted by molar-refractivity contribution is 9.10. The fraction of sp³-hybridized carbons (Fsp3) is 0.273. The minimum Gasteiger partial charge on any atom is -0.396 e. The first-order valence-corrected chi connectivity index (χ1v) is 7.24. The molecule has 0 heterocycles. The number of rotatable bonds is 4. The van der Waals surface area contributed by atoms with E-state index in [1.54, 1.807) is 6.92 Å². The van der Waals surface area contributed by atoms with E-state index in [4.69, 9.17) is 5.73 Å². The molecule has 0 fully saturated rings. The molecule has 0 aliphatic carbocycles. The van der Waals surface area contributed by atoms with Crippen LogP contribution in [0.15, 0.2) is 33.7 Å². The third kappa shape index (κ3) is 3.09. The van der Waals surface area contributed by atoms with Crippen molar-refractivity contribution < 1.29 is 12.8 Å². The Hall–Kier alpha value is -0.920. The van der Waals surface area contributed by atoms with Crippen molar-refractivity contribution in [1.82, 2.24) is 4.31 Å². The molecular weight excluding hydrogens is 323 g/mol. The second-order valence-electron chi connectivity index (χ2n) is 4.02. The molecular formula is C11H14BrFN2O2S. The highest BCUT2D eigenvalue weighted by atomic mass is 79.9. The molecule has 2 N–H and O–H groups in total. The van der Waals surface area contributed by atoms with Gasteiger partial charge in [-0.3, -0.25) is 0 Å². The Morgan fingerprint density at radius 1 is 1.56 bits per heavy atom. The number of anilines is 1. The average molecular weight is 337 g/mol. The van der Waals surface area contributed by atoms with E-state index in [0.29, 0.717) is 5.57 Å². The number of halogens is 2. The molecule has 0 atom stereocenters. The third-order valence-electron chi connectivity index (χ3n) is 2.23. The lowest BCUT2D eigenvalue weighted by Crippen LogP contribution is -2.28. The van der Waals surface area contributed by atoms with Gasteiger partial charge in [-0.25, -0.2) is 12.8 Å². The lowest BCUT2D eigenvalue weighted by Gasteiger charge is -2.18. The van der Waals surface area contributed by atoms with Crippen LogP contribution in [0, 0.1) is 5.82 Å². The summed E-state index contributed by atoms with van der Waals surface area (Å²) >= 11 is 3.03. The lowest BCUT2D eigenvalue weighted by molar-refractivity contribution is 0.492. The standard InChI is InChI=1S/C11H14BrFN2O2S/c1-7(2)6-15(3)18(16,17)11-5-10(14)9(13)4-8(11)12/h4-5H,1,6,14H2,2-3H3. The Kier molecular flexibility index (Phi) is 4.52. The zero-order valence-electron chi connectivity index (χ0n) is 10.1. The van der Waals surface area contributed by atoms with Crippen molar-refractivity contribution in [2.45, 2.75) is 11.8 Å². The predicted molar refractivity (Wildman–Crippen MR) is 73.1 cm³/mol. The topological polar surface area (TPSA) is 63.4 Å². The quantitative estimate of drug-likeness (QED) is 0.678. The number of likely N-dealkylation sites (N-methyl/N-ethyl adjacent to an activating group) is 1. The van der Waals surface area contributed by atoms with Gasteiger partial charge < -0.3 is 5.73 Å². The van der Waals surface area contributed by atoms with E-state index in [0.717, 1.165) is 16.4 Å². The number of benzene rings is 1. The molecule has 4 nitrogen and oxygen atoms in total. The maximum Gasteiger partial charge on any atom is 0.244 e. The van der Waals surface area contributed by atoms with Crippen molar-refractivity contribution in [3.05, 3.63) is 34.6 Å². The Morgan fingerprint density at radius 2 is 2.11 bits per heavy atom. The molecule has 1 rings (SSSR count). The minimum absolute atomic E-state index is 0.0647. The molecule has 0 saturated heterocycles. The van der Waals surface area contributed by atoms with Crippen LogP contribution in [0.25, 0.3) is 0 Å². The molecule has 7 heteroatoms. The summed E-state index contributed by atoms with van der Waals surface area (Å²) < 4.78 is 38.9. The van der Waals surface area contributed by atoms with Gasteiger partial charge in [0, 0.05) is 18.1 Å². The summed E-state index contributed by atoms with van der Waals surface area (Å²) in [5.74, 6) is -0.664. The van der Waals surface area contributed by atoms with Gasteiger partial charge in [0.05, 0.1) is 10.6 Å². The normalized spacial score (nSPS) is 11.8. The fourth-order valence-corrected chi connectivity index (χ4v) is 3.61. The van der Waals surface area contributed by atoms with Gasteiger partial charge in [0.15, 0.2) is 0 Å². The van der Waals surface area contributed by atoms with Crippen LogP contribution in [0.1, 0.15) is 6.92 Å². The fourth-order valence-electron chi connectivity index (χ4n) is 1.38. The van der Waals surface area contributed by atoms with Crippen LogP contribution in [0.5, 0.6) is 0 Å². The van der Waals surface area contributed by atoms with E-state index in [-0.39, 0.29) is 21.6 Å². The minimum atomic E-state index is -3.73. The van der Waals surface area contributed by atoms with Crippen molar-refractivity contribution in [2.24, 2.45) is 0 Å². The van der Waals surface area contributed by atoms with Gasteiger partial charge >= 0.3 is 0 Å². The van der Waals surface area contributed by atoms with E-state index in [9.17, 15) is 12.8 Å². The van der Waals surface area contributed by atoms with E-state index < -0.39 is 15.8 Å². The van der Waals surface area contributed by atoms with Crippen LogP contribution in [0.2, 0.25) is 0 Å². The van der Waals surface area contributed by atoms with Gasteiger partial charge in [0.2, 0.25) is 10.0 Å². The van der Waals surface area contributed by atoms with Crippen LogP contribution < -0.4 is 5.73 Å². The first kappa shape index (κ1) is 15.1. The Balaban J connectivity index is 3.29. The van der Waals surface area contributed by atoms with Crippen molar-refractivity contribution >= 4 is 31.6 Å². The molecule has 1 aromatic rings. The summed E-state index contributed by atoms with van der Waals surface area (Å²) in [6, 6.07) is 2.14. The van der Waals surface area contributed by atoms with Crippen LogP contribution in [-0.2, 0) is 10.0 Å². The second-order valence-corrected chi connectivity index (χ2v) is 6.89. The molecule has 0 unspecified atom stereocenters. The van der Waals surface area contributed by atoms with E-state index >= 15 is 0 Å². The van der Waals surface area contributed by atoms with E-state index in [1.807, 2.05) is 0 Å². The molecule has 0 radical (unpaired) electrons. The van der Waals surface area contributed by atoms with Gasteiger partial charge in [-0.15, -0.1) is 0 Å². The molecule has 0 aliphatic rings. The number of nitrogen functional groups attached to an aromatic ring is 1. The number of sulfonamides is 1. The predicted octanol–water partition coefficient (Wildman–Crippen LogP) is 2.37. The third-order valence-corrected chi connectivity index (χ3v) is 4.99. The number of nitrogens with two attached hydrogens (primary N) is 1. The Bertz CT molecular complexity index is 587. The molecule has 0 bridgehead atoms. The van der Waals surface area contributed by atoms with Gasteiger partial charge in [-0.1, -0.05) is 12.2 Å². The summed E-state index contributed by atoms with van der Waals surface area (Å²) in [7, 11) is -2.30. The Labute approximate surface area is 114 Å². The summed E-state index contributed by atoms with van der Waals surface area (Å²) in [6.07, 6.45) is 0. The van der Waals surface area contributed by atoms with Crippen LogP contribution in [0.3, 0.4) is 0 Å². The highest BCUT2D eigenvalue weighted by Crippen LogP contribution is 2.28. The molecule has 0 amide bonds. The zero-order chi connectivity index (χ0) is 14.1. The van der Waals surface area contributed by atoms with E-state index in [2.05, 4.69) is 22.5 Å². The molecule has 0 spiro atoms. The van der Waals surface area contributed by atoms with Gasteiger partial charge in [-0.2, -0.15) is 4.31 Å². The maximum atomic E-state index is 13.2. The average Bonchev–Trinajstić information content (AvgIpc) is 2.22. The van der Waals surface area contributed by atoms with Gasteiger partial charge in [0.1, 0.15) is 5.82 Å². The Morgan fingerprint density at radius 3 is 2.61 bits per heavy atom. The smallest absolute Gasteiger partial charge is 0.244 e. The number of hydrogen-bond acceptors (Lipinski definition) is 3. The van der Waals surface area contributed by atoms with Crippen molar-refractivity contribution in [1.29, 1.82) is 0 Å². The van der Waals surface area contributed by atoms with Crippen molar-refractivity contribution in [3.63, 3.8) is 0 Å². The maximum absolute atomic E-state index is 13.2. The lowest BCUT2D eigenvalue weighted by atomic mass is 10.3. The molecule has 100 valence electrons. The van der Waals surface area contributed by atoms with Gasteiger partial charge in [-0.05, 0) is 35.0 Å². The summed E-state index contributed by atoms with van der Waals surface area (Å²) in [5.41, 5.74) is 5.88. The largest absolute Gasteiger partial charge is 0.396 e. The summed E-state index contributed by atoms with van der Waals surface area (Å²) in [5, 5.41) is 0. The first-order valence-electron chi connectivity index (χ1n) is 5.01. The summed E-state index contributed by atoms with van der Waals surface area (Å²) in [6.45, 7) is 5.56. The second kappa shape index (κ2) is 5.38. The molecule has 0 aromatic heterocycles. The van der Waals surface area contributed by atoms with Crippen molar-refractivity contribution in [3.8, 4) is 0 Å². The van der Waals surface area contributed by atoms with Crippen molar-refractivity contribution in [2.75, 3.05) is 19.3 Å². The zero-order valence-corrected chi connectivity index (χ0v) is 12.5. The monoisotopic (exact) mass is 336 g/mol. The molecule has 0 saturated carbocycles. The van der Waals surface area contributed by atoms with Gasteiger partial charge in [0.25, 0.3) is 0 Å². The highest BCUT2D eigenvalue weighted by Gasteiger charge is 2.24. The number of nitrogens with zero attached hydrogens (tertiary/aromatic N) is 1. The molecule has 0 aliphatic heterocycles. The molecule has 18 heavy (non-hydrogen) atoms. The van der Waals surface area contributed by atoms with Crippen LogP contribution >= 0.6 is 15.9 Å². The van der Waals surface area contributed by atoms with E-state index in [1.165, 1.54) is 7.05 Å². The van der Waals surface area contributed by atoms with Crippen LogP contribution in [-0.4, -0.2) is 26.3 Å². The first-order chi connectivity index (χ1) is 8.16. The molecule has 1 aromatic carbocycles. The van der Waals surface area contributed by atoms with Crippen LogP contribution in [0.4, 0.5) is 10.1 Å².